The summed E-state index contributed by atoms with van der Waals surface area (Å²) in [7, 11) is 0. The summed E-state index contributed by atoms with van der Waals surface area (Å²) in [6, 6.07) is 9.08. The Kier molecular flexibility index (Phi) is 7.57. The number of aryl methyl sites for hydroxylation is 1. The van der Waals surface area contributed by atoms with E-state index in [1.54, 1.807) is 18.5 Å². The molecule has 0 radical (unpaired) electrons. The van der Waals surface area contributed by atoms with Crippen LogP contribution >= 0.6 is 0 Å². The molecule has 1 aromatic carbocycles. The van der Waals surface area contributed by atoms with Crippen LogP contribution in [0, 0.1) is 0 Å². The van der Waals surface area contributed by atoms with E-state index in [1.807, 2.05) is 36.1 Å². The second-order valence-electron chi connectivity index (χ2n) is 9.55. The van der Waals surface area contributed by atoms with Gasteiger partial charge in [-0.15, -0.1) is 0 Å². The van der Waals surface area contributed by atoms with Crippen LogP contribution in [0.15, 0.2) is 42.7 Å². The van der Waals surface area contributed by atoms with Crippen LogP contribution in [0.5, 0.6) is 0 Å². The average Bonchev–Trinajstić information content (AvgIpc) is 2.94. The Bertz CT molecular complexity index is 1220. The number of fused-ring (bicyclic) bond motifs is 1. The first-order valence-electron chi connectivity index (χ1n) is 12.9. The molecule has 1 unspecified atom stereocenters. The first kappa shape index (κ1) is 25.4. The van der Waals surface area contributed by atoms with Gasteiger partial charge in [-0.3, -0.25) is 9.69 Å². The number of likely N-dealkylation sites (tertiary alicyclic amines) is 1. The number of piperidine rings is 1. The van der Waals surface area contributed by atoms with Gasteiger partial charge in [0.05, 0.1) is 24.8 Å². The summed E-state index contributed by atoms with van der Waals surface area (Å²) in [5.74, 6) is -1.30. The highest BCUT2D eigenvalue weighted by Crippen LogP contribution is 2.32. The van der Waals surface area contributed by atoms with Gasteiger partial charge in [-0.1, -0.05) is 13.0 Å². The molecule has 2 aliphatic rings. The molecule has 8 nitrogen and oxygen atoms in total. The van der Waals surface area contributed by atoms with Crippen LogP contribution in [0.4, 0.5) is 14.6 Å². The number of benzene rings is 1. The highest BCUT2D eigenvalue weighted by Gasteiger charge is 2.37. The van der Waals surface area contributed by atoms with Crippen molar-refractivity contribution in [3.63, 3.8) is 0 Å². The first-order chi connectivity index (χ1) is 17.9. The molecular formula is C27H32F2N6O2. The minimum atomic E-state index is -2.65. The molecular weight excluding hydrogens is 478 g/mol. The smallest absolute Gasteiger partial charge is 0.252 e. The Morgan fingerprint density at radius 2 is 1.81 bits per heavy atom. The molecule has 10 heteroatoms. The summed E-state index contributed by atoms with van der Waals surface area (Å²) in [5.41, 5.74) is 2.08. The van der Waals surface area contributed by atoms with Crippen molar-refractivity contribution in [1.29, 1.82) is 0 Å². The third-order valence-electron chi connectivity index (χ3n) is 7.15. The SMILES string of the molecule is CCc1ncc(C(CNC(=O)c2cccc3nc(N4CCOCC4)ccc23)N2CCC(F)(F)CC2)cn1. The summed E-state index contributed by atoms with van der Waals surface area (Å²) >= 11 is 0. The Morgan fingerprint density at radius 1 is 1.08 bits per heavy atom. The van der Waals surface area contributed by atoms with Crippen molar-refractivity contribution in [1.82, 2.24) is 25.2 Å². The number of morpholine rings is 1. The van der Waals surface area contributed by atoms with Gasteiger partial charge in [0.15, 0.2) is 0 Å². The highest BCUT2D eigenvalue weighted by atomic mass is 19.3. The number of nitrogens with zero attached hydrogens (tertiary/aromatic N) is 5. The van der Waals surface area contributed by atoms with E-state index < -0.39 is 5.92 Å². The maximum Gasteiger partial charge on any atom is 0.252 e. The number of ether oxygens (including phenoxy) is 1. The van der Waals surface area contributed by atoms with E-state index in [-0.39, 0.29) is 44.4 Å². The Labute approximate surface area is 215 Å². The quantitative estimate of drug-likeness (QED) is 0.520. The standard InChI is InChI=1S/C27H32F2N6O2/c1-2-24-30-16-19(17-31-24)23(34-10-8-27(28,29)9-11-34)18-32-26(36)21-4-3-5-22-20(21)6-7-25(33-22)35-12-14-37-15-13-35/h3-7,16-17,23H,2,8-15,18H2,1H3,(H,32,36). The van der Waals surface area contributed by atoms with E-state index in [0.717, 1.165) is 41.2 Å². The molecule has 37 heavy (non-hydrogen) atoms. The summed E-state index contributed by atoms with van der Waals surface area (Å²) in [6.45, 7) is 5.62. The summed E-state index contributed by atoms with van der Waals surface area (Å²) < 4.78 is 33.1. The molecule has 2 aliphatic heterocycles. The van der Waals surface area contributed by atoms with Crippen LogP contribution in [0.25, 0.3) is 10.9 Å². The average molecular weight is 511 g/mol. The lowest BCUT2D eigenvalue weighted by atomic mass is 10.0. The molecule has 0 bridgehead atoms. The van der Waals surface area contributed by atoms with Gasteiger partial charge in [0.1, 0.15) is 11.6 Å². The zero-order valence-electron chi connectivity index (χ0n) is 21.0. The minimum absolute atomic E-state index is 0.203. The highest BCUT2D eigenvalue weighted by molar-refractivity contribution is 6.06. The zero-order chi connectivity index (χ0) is 25.8. The number of pyridine rings is 1. The van der Waals surface area contributed by atoms with Gasteiger partial charge in [0, 0.05) is 80.9 Å². The number of halogens is 2. The van der Waals surface area contributed by atoms with Gasteiger partial charge in [-0.25, -0.2) is 23.7 Å². The molecule has 0 aliphatic carbocycles. The van der Waals surface area contributed by atoms with Crippen molar-refractivity contribution in [2.75, 3.05) is 50.8 Å². The Hall–Kier alpha value is -3.24. The number of alkyl halides is 2. The molecule has 2 fully saturated rings. The number of amides is 1. The van der Waals surface area contributed by atoms with Crippen molar-refractivity contribution < 1.29 is 18.3 Å². The predicted molar refractivity (Wildman–Crippen MR) is 137 cm³/mol. The van der Waals surface area contributed by atoms with Crippen LogP contribution in [-0.2, 0) is 11.2 Å². The van der Waals surface area contributed by atoms with E-state index in [1.165, 1.54) is 0 Å². The molecule has 3 aromatic rings. The third kappa shape index (κ3) is 5.86. The number of carbonyl (C=O) groups excluding carboxylic acids is 1. The van der Waals surface area contributed by atoms with Crippen molar-refractivity contribution >= 4 is 22.6 Å². The number of aromatic nitrogens is 3. The van der Waals surface area contributed by atoms with Crippen LogP contribution in [0.2, 0.25) is 0 Å². The van der Waals surface area contributed by atoms with E-state index >= 15 is 0 Å². The second kappa shape index (κ2) is 11.0. The Morgan fingerprint density at radius 3 is 2.51 bits per heavy atom. The molecule has 2 saturated heterocycles. The van der Waals surface area contributed by atoms with E-state index in [4.69, 9.17) is 9.72 Å². The lowest BCUT2D eigenvalue weighted by Crippen LogP contribution is -2.45. The van der Waals surface area contributed by atoms with Crippen LogP contribution in [-0.4, -0.2) is 77.6 Å². The van der Waals surface area contributed by atoms with Crippen LogP contribution in [0.3, 0.4) is 0 Å². The predicted octanol–water partition coefficient (Wildman–Crippen LogP) is 3.63. The van der Waals surface area contributed by atoms with Gasteiger partial charge in [-0.2, -0.15) is 0 Å². The van der Waals surface area contributed by atoms with Crippen molar-refractivity contribution in [3.8, 4) is 0 Å². The monoisotopic (exact) mass is 510 g/mol. The Balaban J connectivity index is 1.34. The number of rotatable bonds is 7. The summed E-state index contributed by atoms with van der Waals surface area (Å²) in [5, 5.41) is 3.80. The number of anilines is 1. The fraction of sp³-hybridized carbons (Fsp3) is 0.481. The molecule has 1 N–H and O–H groups in total. The van der Waals surface area contributed by atoms with E-state index in [0.29, 0.717) is 25.2 Å². The molecule has 0 spiro atoms. The topological polar surface area (TPSA) is 83.5 Å². The fourth-order valence-electron chi connectivity index (χ4n) is 4.94. The van der Waals surface area contributed by atoms with Crippen LogP contribution in [0.1, 0.15) is 47.6 Å². The van der Waals surface area contributed by atoms with E-state index in [9.17, 15) is 13.6 Å². The lowest BCUT2D eigenvalue weighted by molar-refractivity contribution is -0.0632. The minimum Gasteiger partial charge on any atom is -0.378 e. The molecule has 196 valence electrons. The molecule has 1 amide bonds. The van der Waals surface area contributed by atoms with Gasteiger partial charge >= 0.3 is 0 Å². The molecule has 1 atom stereocenters. The lowest BCUT2D eigenvalue weighted by Gasteiger charge is -2.37. The fourth-order valence-corrected chi connectivity index (χ4v) is 4.94. The van der Waals surface area contributed by atoms with Crippen molar-refractivity contribution in [3.05, 3.63) is 59.7 Å². The molecule has 4 heterocycles. The maximum absolute atomic E-state index is 13.8. The first-order valence-corrected chi connectivity index (χ1v) is 12.9. The van der Waals surface area contributed by atoms with Gasteiger partial charge < -0.3 is 15.0 Å². The largest absolute Gasteiger partial charge is 0.378 e. The maximum atomic E-state index is 13.8. The van der Waals surface area contributed by atoms with Crippen molar-refractivity contribution in [2.24, 2.45) is 0 Å². The van der Waals surface area contributed by atoms with E-state index in [2.05, 4.69) is 20.2 Å². The number of carbonyl (C=O) groups is 1. The van der Waals surface area contributed by atoms with Gasteiger partial charge in [0.2, 0.25) is 0 Å². The molecule has 0 saturated carbocycles. The summed E-state index contributed by atoms with van der Waals surface area (Å²) in [4.78, 5) is 31.1. The van der Waals surface area contributed by atoms with Gasteiger partial charge in [-0.05, 0) is 24.3 Å². The number of hydrogen-bond donors (Lipinski definition) is 1. The summed E-state index contributed by atoms with van der Waals surface area (Å²) in [6.07, 6.45) is 3.78. The second-order valence-corrected chi connectivity index (χ2v) is 9.55. The number of hydrogen-bond acceptors (Lipinski definition) is 7. The van der Waals surface area contributed by atoms with Crippen molar-refractivity contribution in [2.45, 2.75) is 38.2 Å². The third-order valence-corrected chi connectivity index (χ3v) is 7.15. The normalized spacial score (nSPS) is 19.1. The van der Waals surface area contributed by atoms with Gasteiger partial charge in [0.25, 0.3) is 11.8 Å². The number of nitrogens with one attached hydrogen (secondary N) is 1. The zero-order valence-corrected chi connectivity index (χ0v) is 21.0. The molecule has 5 rings (SSSR count). The van der Waals surface area contributed by atoms with Crippen LogP contribution < -0.4 is 10.2 Å². The molecule has 2 aromatic heterocycles.